The minimum absolute atomic E-state index is 0.0643. The Morgan fingerprint density at radius 3 is 2.83 bits per heavy atom. The Hall–Kier alpha value is -2.88. The molecular formula is C20H19F2N5O2S. The number of carbonyl (C=O) groups excluding carboxylic acids is 1. The zero-order valence-electron chi connectivity index (χ0n) is 16.0. The molecule has 1 fully saturated rings. The number of benzene rings is 1. The molecule has 2 aromatic heterocycles. The van der Waals surface area contributed by atoms with E-state index >= 15 is 0 Å². The van der Waals surface area contributed by atoms with Gasteiger partial charge in [0.15, 0.2) is 21.3 Å². The van der Waals surface area contributed by atoms with Gasteiger partial charge in [-0.2, -0.15) is 8.78 Å². The molecule has 0 aliphatic carbocycles. The molecule has 10 heteroatoms. The number of hydrogen-bond acceptors (Lipinski definition) is 6. The maximum Gasteiger partial charge on any atom is 0.306 e. The molecule has 3 aromatic rings. The normalized spacial score (nSPS) is 19.9. The fraction of sp³-hybridized carbons (Fsp3) is 0.400. The summed E-state index contributed by atoms with van der Waals surface area (Å²) in [6.07, 6.45) is 1.05. The molecule has 1 N–H and O–H groups in total. The van der Waals surface area contributed by atoms with Gasteiger partial charge in [0, 0.05) is 26.1 Å². The molecule has 0 saturated carbocycles. The maximum atomic E-state index is 14.0. The number of amides is 1. The Kier molecular flexibility index (Phi) is 4.53. The van der Waals surface area contributed by atoms with Crippen molar-refractivity contribution >= 4 is 32.7 Å². The zero-order valence-corrected chi connectivity index (χ0v) is 16.8. The Morgan fingerprint density at radius 1 is 1.23 bits per heavy atom. The summed E-state index contributed by atoms with van der Waals surface area (Å²) in [5.74, 6) is -3.71. The van der Waals surface area contributed by atoms with E-state index in [0.29, 0.717) is 24.6 Å². The van der Waals surface area contributed by atoms with Crippen LogP contribution < -0.4 is 15.8 Å². The molecule has 0 unspecified atom stereocenters. The number of halogens is 2. The van der Waals surface area contributed by atoms with Crippen LogP contribution in [0.2, 0.25) is 0 Å². The smallest absolute Gasteiger partial charge is 0.306 e. The first kappa shape index (κ1) is 19.1. The number of rotatable bonds is 4. The summed E-state index contributed by atoms with van der Waals surface area (Å²) >= 11 is 1.09. The molecule has 1 aromatic carbocycles. The first-order valence-corrected chi connectivity index (χ1v) is 10.6. The van der Waals surface area contributed by atoms with Gasteiger partial charge in [0.05, 0.1) is 0 Å². The third-order valence-electron chi connectivity index (χ3n) is 5.60. The Labute approximate surface area is 174 Å². The molecule has 0 radical (unpaired) electrons. The van der Waals surface area contributed by atoms with Crippen LogP contribution in [0.5, 0.6) is 0 Å². The van der Waals surface area contributed by atoms with Gasteiger partial charge in [0.1, 0.15) is 6.04 Å². The standard InChI is InChI=1S/C20H19F2N5O2S/c21-20(22)8-10-27-17(29)14-16(25-18(20)27)30-19(24-14)26-9-4-7-13(26)15(28)23-11-12-5-2-1-3-6-12/h1-3,5-6,13H,4,7-11H2,(H,23,28)/t13-/m1/s1. The number of carbonyl (C=O) groups is 1. The van der Waals surface area contributed by atoms with Gasteiger partial charge in [-0.15, -0.1) is 0 Å². The van der Waals surface area contributed by atoms with Crippen molar-refractivity contribution in [2.24, 2.45) is 0 Å². The third kappa shape index (κ3) is 3.15. The average molecular weight is 431 g/mol. The van der Waals surface area contributed by atoms with Gasteiger partial charge in [0.2, 0.25) is 5.91 Å². The van der Waals surface area contributed by atoms with E-state index < -0.39 is 29.8 Å². The van der Waals surface area contributed by atoms with Crippen LogP contribution in [0.1, 0.15) is 30.7 Å². The van der Waals surface area contributed by atoms with E-state index in [9.17, 15) is 18.4 Å². The van der Waals surface area contributed by atoms with Gasteiger partial charge in [0.25, 0.3) is 5.56 Å². The van der Waals surface area contributed by atoms with Crippen molar-refractivity contribution in [3.05, 3.63) is 52.1 Å². The van der Waals surface area contributed by atoms with E-state index in [4.69, 9.17) is 0 Å². The Bertz CT molecular complexity index is 1180. The molecule has 2 aliphatic heterocycles. The predicted molar refractivity (Wildman–Crippen MR) is 109 cm³/mol. The highest BCUT2D eigenvalue weighted by Gasteiger charge is 2.43. The van der Waals surface area contributed by atoms with Crippen LogP contribution in [0, 0.1) is 0 Å². The number of nitrogens with zero attached hydrogens (tertiary/aromatic N) is 4. The fourth-order valence-corrected chi connectivity index (χ4v) is 5.05. The number of anilines is 1. The Balaban J connectivity index is 1.41. The molecule has 0 spiro atoms. The molecule has 2 aliphatic rings. The minimum atomic E-state index is -3.11. The highest BCUT2D eigenvalue weighted by Crippen LogP contribution is 2.38. The molecule has 1 atom stereocenters. The van der Waals surface area contributed by atoms with E-state index in [0.717, 1.165) is 27.9 Å². The van der Waals surface area contributed by atoms with E-state index in [-0.39, 0.29) is 22.8 Å². The highest BCUT2D eigenvalue weighted by atomic mass is 32.1. The summed E-state index contributed by atoms with van der Waals surface area (Å²) in [6.45, 7) is 0.972. The van der Waals surface area contributed by atoms with Gasteiger partial charge in [-0.3, -0.25) is 14.2 Å². The van der Waals surface area contributed by atoms with E-state index in [1.807, 2.05) is 35.2 Å². The Morgan fingerprint density at radius 2 is 2.03 bits per heavy atom. The maximum absolute atomic E-state index is 14.0. The lowest BCUT2D eigenvalue weighted by atomic mass is 10.2. The lowest BCUT2D eigenvalue weighted by molar-refractivity contribution is -0.122. The quantitative estimate of drug-likeness (QED) is 0.687. The van der Waals surface area contributed by atoms with E-state index in [1.54, 1.807) is 0 Å². The summed E-state index contributed by atoms with van der Waals surface area (Å²) in [5, 5.41) is 3.42. The molecule has 156 valence electrons. The number of fused-ring (bicyclic) bond motifs is 2. The lowest BCUT2D eigenvalue weighted by Crippen LogP contribution is -2.43. The number of hydrogen-bond donors (Lipinski definition) is 1. The topological polar surface area (TPSA) is 80.1 Å². The summed E-state index contributed by atoms with van der Waals surface area (Å²) in [7, 11) is 0. The van der Waals surface area contributed by atoms with Crippen molar-refractivity contribution in [1.82, 2.24) is 19.9 Å². The summed E-state index contributed by atoms with van der Waals surface area (Å²) in [5.41, 5.74) is 0.550. The monoisotopic (exact) mass is 431 g/mol. The molecule has 5 rings (SSSR count). The van der Waals surface area contributed by atoms with Crippen molar-refractivity contribution in [1.29, 1.82) is 0 Å². The van der Waals surface area contributed by atoms with Crippen LogP contribution in [0.4, 0.5) is 13.9 Å². The van der Waals surface area contributed by atoms with Crippen molar-refractivity contribution in [3.8, 4) is 0 Å². The number of thiazole rings is 1. The fourth-order valence-electron chi connectivity index (χ4n) is 4.04. The van der Waals surface area contributed by atoms with Crippen LogP contribution in [0.15, 0.2) is 35.1 Å². The largest absolute Gasteiger partial charge is 0.350 e. The minimum Gasteiger partial charge on any atom is -0.350 e. The predicted octanol–water partition coefficient (Wildman–Crippen LogP) is 2.63. The highest BCUT2D eigenvalue weighted by molar-refractivity contribution is 7.21. The van der Waals surface area contributed by atoms with Gasteiger partial charge in [-0.25, -0.2) is 9.97 Å². The second-order valence-electron chi connectivity index (χ2n) is 7.55. The zero-order chi connectivity index (χ0) is 20.9. The SMILES string of the molecule is O=C(NCc1ccccc1)[C@H]1CCCN1c1nc2c(=O)n3c(nc2s1)C(F)(F)CC3. The first-order valence-electron chi connectivity index (χ1n) is 9.82. The van der Waals surface area contributed by atoms with Gasteiger partial charge in [-0.1, -0.05) is 41.7 Å². The molecule has 30 heavy (non-hydrogen) atoms. The number of aromatic nitrogens is 3. The number of nitrogens with one attached hydrogen (secondary N) is 1. The van der Waals surface area contributed by atoms with Crippen LogP contribution in [-0.2, 0) is 23.8 Å². The summed E-state index contributed by atoms with van der Waals surface area (Å²) < 4.78 is 29.1. The molecular weight excluding hydrogens is 412 g/mol. The van der Waals surface area contributed by atoms with Crippen molar-refractivity contribution in [2.45, 2.75) is 44.3 Å². The summed E-state index contributed by atoms with van der Waals surface area (Å²) in [6, 6.07) is 9.21. The van der Waals surface area contributed by atoms with Crippen molar-refractivity contribution in [3.63, 3.8) is 0 Å². The van der Waals surface area contributed by atoms with Crippen LogP contribution in [0.25, 0.3) is 10.3 Å². The second kappa shape index (κ2) is 7.12. The van der Waals surface area contributed by atoms with Crippen molar-refractivity contribution in [2.75, 3.05) is 11.4 Å². The number of alkyl halides is 2. The van der Waals surface area contributed by atoms with Gasteiger partial charge < -0.3 is 10.2 Å². The van der Waals surface area contributed by atoms with Gasteiger partial charge in [-0.05, 0) is 18.4 Å². The lowest BCUT2D eigenvalue weighted by Gasteiger charge is -2.23. The first-order chi connectivity index (χ1) is 14.4. The third-order valence-corrected chi connectivity index (χ3v) is 6.58. The van der Waals surface area contributed by atoms with E-state index in [2.05, 4.69) is 15.3 Å². The van der Waals surface area contributed by atoms with Gasteiger partial charge >= 0.3 is 5.92 Å². The molecule has 7 nitrogen and oxygen atoms in total. The molecule has 1 amide bonds. The van der Waals surface area contributed by atoms with Crippen LogP contribution in [-0.4, -0.2) is 33.0 Å². The molecule has 4 heterocycles. The van der Waals surface area contributed by atoms with Crippen LogP contribution in [0.3, 0.4) is 0 Å². The average Bonchev–Trinajstić information content (AvgIpc) is 3.45. The van der Waals surface area contributed by atoms with E-state index in [1.165, 1.54) is 0 Å². The van der Waals surface area contributed by atoms with Crippen LogP contribution >= 0.6 is 11.3 Å². The summed E-state index contributed by atoms with van der Waals surface area (Å²) in [4.78, 5) is 35.9. The molecule has 1 saturated heterocycles. The second-order valence-corrected chi connectivity index (χ2v) is 8.51. The van der Waals surface area contributed by atoms with Crippen molar-refractivity contribution < 1.29 is 13.6 Å². The molecule has 0 bridgehead atoms.